The first-order valence-corrected chi connectivity index (χ1v) is 7.30. The van der Waals surface area contributed by atoms with Gasteiger partial charge in [0, 0.05) is 19.6 Å². The van der Waals surface area contributed by atoms with Gasteiger partial charge in [0.1, 0.15) is 0 Å². The SMILES string of the molecule is CCN(CC)c1nc(N)nc(NCC(C)(C)C(C)C)n1. The van der Waals surface area contributed by atoms with E-state index < -0.39 is 0 Å². The molecule has 0 saturated heterocycles. The van der Waals surface area contributed by atoms with Gasteiger partial charge in [-0.2, -0.15) is 15.0 Å². The lowest BCUT2D eigenvalue weighted by atomic mass is 9.81. The maximum absolute atomic E-state index is 5.78. The molecule has 1 heterocycles. The van der Waals surface area contributed by atoms with Crippen molar-refractivity contribution in [2.24, 2.45) is 11.3 Å². The van der Waals surface area contributed by atoms with Gasteiger partial charge in [-0.1, -0.05) is 27.7 Å². The molecule has 6 nitrogen and oxygen atoms in total. The first-order chi connectivity index (χ1) is 9.30. The Morgan fingerprint density at radius 2 is 1.75 bits per heavy atom. The Labute approximate surface area is 122 Å². The Morgan fingerprint density at radius 3 is 2.25 bits per heavy atom. The van der Waals surface area contributed by atoms with Gasteiger partial charge in [-0.25, -0.2) is 0 Å². The highest BCUT2D eigenvalue weighted by atomic mass is 15.3. The summed E-state index contributed by atoms with van der Waals surface area (Å²) in [5.74, 6) is 2.00. The summed E-state index contributed by atoms with van der Waals surface area (Å²) in [6, 6.07) is 0. The maximum Gasteiger partial charge on any atom is 0.231 e. The Hall–Kier alpha value is -1.59. The van der Waals surface area contributed by atoms with Gasteiger partial charge in [-0.3, -0.25) is 0 Å². The largest absolute Gasteiger partial charge is 0.368 e. The first kappa shape index (κ1) is 16.5. The third-order valence-electron chi connectivity index (χ3n) is 3.95. The van der Waals surface area contributed by atoms with Crippen molar-refractivity contribution in [1.29, 1.82) is 0 Å². The fourth-order valence-corrected chi connectivity index (χ4v) is 1.62. The fraction of sp³-hybridized carbons (Fsp3) is 0.786. The molecule has 0 aliphatic heterocycles. The normalized spacial score (nSPS) is 11.8. The fourth-order valence-electron chi connectivity index (χ4n) is 1.62. The van der Waals surface area contributed by atoms with Crippen molar-refractivity contribution in [3.63, 3.8) is 0 Å². The average molecular weight is 280 g/mol. The van der Waals surface area contributed by atoms with Gasteiger partial charge in [0.25, 0.3) is 0 Å². The first-order valence-electron chi connectivity index (χ1n) is 7.30. The molecular weight excluding hydrogens is 252 g/mol. The van der Waals surface area contributed by atoms with Gasteiger partial charge in [0.05, 0.1) is 0 Å². The van der Waals surface area contributed by atoms with E-state index in [0.717, 1.165) is 19.6 Å². The van der Waals surface area contributed by atoms with Gasteiger partial charge in [0.15, 0.2) is 0 Å². The van der Waals surface area contributed by atoms with Crippen LogP contribution >= 0.6 is 0 Å². The van der Waals surface area contributed by atoms with Crippen molar-refractivity contribution in [2.75, 3.05) is 35.6 Å². The summed E-state index contributed by atoms with van der Waals surface area (Å²) < 4.78 is 0. The van der Waals surface area contributed by atoms with Gasteiger partial charge >= 0.3 is 0 Å². The van der Waals surface area contributed by atoms with E-state index in [1.807, 2.05) is 0 Å². The van der Waals surface area contributed by atoms with Crippen molar-refractivity contribution in [2.45, 2.75) is 41.5 Å². The molecule has 1 aromatic heterocycles. The van der Waals surface area contributed by atoms with E-state index in [9.17, 15) is 0 Å². The molecule has 0 atom stereocenters. The molecule has 0 radical (unpaired) electrons. The molecule has 0 saturated carbocycles. The standard InChI is InChI=1S/C14H28N6/c1-7-20(8-2)13-18-11(15)17-12(19-13)16-9-14(5,6)10(3)4/h10H,7-9H2,1-6H3,(H3,15,16,17,18,19). The topological polar surface area (TPSA) is 80.0 Å². The monoisotopic (exact) mass is 280 g/mol. The lowest BCUT2D eigenvalue weighted by Gasteiger charge is -2.29. The molecule has 1 rings (SSSR count). The number of nitrogen functional groups attached to an aromatic ring is 1. The van der Waals surface area contributed by atoms with E-state index in [1.54, 1.807) is 0 Å². The molecule has 0 unspecified atom stereocenters. The van der Waals surface area contributed by atoms with Crippen molar-refractivity contribution >= 4 is 17.8 Å². The molecule has 0 bridgehead atoms. The highest BCUT2D eigenvalue weighted by molar-refractivity contribution is 5.41. The number of hydrogen-bond donors (Lipinski definition) is 2. The van der Waals surface area contributed by atoms with Crippen molar-refractivity contribution < 1.29 is 0 Å². The van der Waals surface area contributed by atoms with Crippen molar-refractivity contribution in [1.82, 2.24) is 15.0 Å². The number of nitrogens with zero attached hydrogens (tertiary/aromatic N) is 4. The second-order valence-corrected chi connectivity index (χ2v) is 5.99. The van der Waals surface area contributed by atoms with Crippen LogP contribution in [0.3, 0.4) is 0 Å². The number of hydrogen-bond acceptors (Lipinski definition) is 6. The zero-order chi connectivity index (χ0) is 15.3. The number of anilines is 3. The predicted octanol–water partition coefficient (Wildman–Crippen LogP) is 2.39. The summed E-state index contributed by atoms with van der Waals surface area (Å²) in [7, 11) is 0. The van der Waals surface area contributed by atoms with Crippen molar-refractivity contribution in [3.05, 3.63) is 0 Å². The van der Waals surface area contributed by atoms with Crippen LogP contribution in [-0.4, -0.2) is 34.6 Å². The Kier molecular flexibility index (Phi) is 5.53. The summed E-state index contributed by atoms with van der Waals surface area (Å²) in [4.78, 5) is 14.9. The van der Waals surface area contributed by atoms with Gasteiger partial charge in [-0.05, 0) is 25.2 Å². The zero-order valence-electron chi connectivity index (χ0n) is 13.6. The molecule has 0 aromatic carbocycles. The van der Waals surface area contributed by atoms with Crippen LogP contribution < -0.4 is 16.0 Å². The molecule has 0 spiro atoms. The molecular formula is C14H28N6. The van der Waals surface area contributed by atoms with Crippen LogP contribution in [0.5, 0.6) is 0 Å². The maximum atomic E-state index is 5.78. The van der Waals surface area contributed by atoms with Crippen LogP contribution in [0.15, 0.2) is 0 Å². The van der Waals surface area contributed by atoms with Gasteiger partial charge < -0.3 is 16.0 Å². The number of nitrogens with one attached hydrogen (secondary N) is 1. The predicted molar refractivity (Wildman–Crippen MR) is 84.9 cm³/mol. The second-order valence-electron chi connectivity index (χ2n) is 5.99. The number of nitrogens with two attached hydrogens (primary N) is 1. The molecule has 1 aromatic rings. The summed E-state index contributed by atoms with van der Waals surface area (Å²) in [6.07, 6.45) is 0. The van der Waals surface area contributed by atoms with Crippen LogP contribution in [-0.2, 0) is 0 Å². The minimum atomic E-state index is 0.163. The quantitative estimate of drug-likeness (QED) is 0.798. The number of aromatic nitrogens is 3. The highest BCUT2D eigenvalue weighted by Gasteiger charge is 2.22. The summed E-state index contributed by atoms with van der Waals surface area (Å²) in [6.45, 7) is 15.5. The molecule has 6 heteroatoms. The van der Waals surface area contributed by atoms with Crippen LogP contribution in [0.1, 0.15) is 41.5 Å². The lowest BCUT2D eigenvalue weighted by molar-refractivity contribution is 0.269. The molecule has 3 N–H and O–H groups in total. The molecule has 0 fully saturated rings. The lowest BCUT2D eigenvalue weighted by Crippen LogP contribution is -2.30. The molecule has 0 aliphatic carbocycles. The van der Waals surface area contributed by atoms with Gasteiger partial charge in [0.2, 0.25) is 17.8 Å². The summed E-state index contributed by atoms with van der Waals surface area (Å²) in [5, 5.41) is 3.28. The third kappa shape index (κ3) is 4.21. The minimum Gasteiger partial charge on any atom is -0.368 e. The van der Waals surface area contributed by atoms with Crippen LogP contribution in [0.4, 0.5) is 17.8 Å². The Morgan fingerprint density at radius 1 is 1.15 bits per heavy atom. The second kappa shape index (κ2) is 6.72. The van der Waals surface area contributed by atoms with E-state index >= 15 is 0 Å². The molecule has 114 valence electrons. The molecule has 20 heavy (non-hydrogen) atoms. The molecule has 0 amide bonds. The summed E-state index contributed by atoms with van der Waals surface area (Å²) >= 11 is 0. The average Bonchev–Trinajstić information content (AvgIpc) is 2.37. The van der Waals surface area contributed by atoms with Crippen LogP contribution in [0.2, 0.25) is 0 Å². The summed E-state index contributed by atoms with van der Waals surface area (Å²) in [5.41, 5.74) is 5.94. The molecule has 0 aliphatic rings. The number of rotatable bonds is 7. The smallest absolute Gasteiger partial charge is 0.231 e. The van der Waals surface area contributed by atoms with E-state index in [-0.39, 0.29) is 11.4 Å². The third-order valence-corrected chi connectivity index (χ3v) is 3.95. The Bertz CT molecular complexity index is 426. The van der Waals surface area contributed by atoms with Gasteiger partial charge in [-0.15, -0.1) is 0 Å². The van der Waals surface area contributed by atoms with E-state index in [4.69, 9.17) is 5.73 Å². The van der Waals surface area contributed by atoms with E-state index in [0.29, 0.717) is 17.8 Å². The van der Waals surface area contributed by atoms with Crippen LogP contribution in [0, 0.1) is 11.3 Å². The van der Waals surface area contributed by atoms with Crippen LogP contribution in [0.25, 0.3) is 0 Å². The van der Waals surface area contributed by atoms with E-state index in [1.165, 1.54) is 0 Å². The zero-order valence-corrected chi connectivity index (χ0v) is 13.6. The minimum absolute atomic E-state index is 0.163. The van der Waals surface area contributed by atoms with E-state index in [2.05, 4.69) is 66.7 Å². The Balaban J connectivity index is 2.86. The van der Waals surface area contributed by atoms with Crippen molar-refractivity contribution in [3.8, 4) is 0 Å². The highest BCUT2D eigenvalue weighted by Crippen LogP contribution is 2.26.